The molecule has 0 aliphatic heterocycles. The van der Waals surface area contributed by atoms with Crippen molar-refractivity contribution >= 4 is 17.6 Å². The maximum Gasteiger partial charge on any atom is 0.342 e. The molecule has 1 aliphatic carbocycles. The van der Waals surface area contributed by atoms with E-state index in [1.807, 2.05) is 0 Å². The van der Waals surface area contributed by atoms with Crippen LogP contribution in [0, 0.1) is 10.1 Å². The third kappa shape index (κ3) is 3.47. The summed E-state index contributed by atoms with van der Waals surface area (Å²) in [7, 11) is 1.68. The van der Waals surface area contributed by atoms with Gasteiger partial charge in [-0.05, 0) is 18.9 Å². The number of ether oxygens (including phenoxy) is 1. The van der Waals surface area contributed by atoms with E-state index in [4.69, 9.17) is 9.84 Å². The number of hydrogen-bond acceptors (Lipinski definition) is 5. The molecule has 1 N–H and O–H groups in total. The van der Waals surface area contributed by atoms with E-state index in [1.54, 1.807) is 11.9 Å². The number of amides is 1. The Balaban J connectivity index is 2.06. The van der Waals surface area contributed by atoms with Crippen LogP contribution in [0.25, 0.3) is 0 Å². The molecule has 1 aromatic carbocycles. The van der Waals surface area contributed by atoms with Gasteiger partial charge in [0.1, 0.15) is 11.3 Å². The molecule has 2 rings (SSSR count). The Labute approximate surface area is 120 Å². The van der Waals surface area contributed by atoms with Gasteiger partial charge >= 0.3 is 5.97 Å². The minimum atomic E-state index is -1.42. The molecule has 0 spiro atoms. The number of rotatable bonds is 6. The first-order valence-corrected chi connectivity index (χ1v) is 6.30. The van der Waals surface area contributed by atoms with Crippen LogP contribution in [0.4, 0.5) is 5.69 Å². The topological polar surface area (TPSA) is 110 Å². The molecule has 1 saturated carbocycles. The van der Waals surface area contributed by atoms with Crippen molar-refractivity contribution in [2.24, 2.45) is 0 Å². The van der Waals surface area contributed by atoms with Crippen LogP contribution in [-0.2, 0) is 4.79 Å². The maximum absolute atomic E-state index is 11.8. The van der Waals surface area contributed by atoms with E-state index in [-0.39, 0.29) is 24.3 Å². The molecule has 8 nitrogen and oxygen atoms in total. The first-order chi connectivity index (χ1) is 9.90. The molecule has 8 heteroatoms. The van der Waals surface area contributed by atoms with Crippen LogP contribution in [0.15, 0.2) is 18.2 Å². The molecule has 0 aromatic heterocycles. The predicted octanol–water partition coefficient (Wildman–Crippen LogP) is 1.29. The van der Waals surface area contributed by atoms with Crippen LogP contribution in [0.1, 0.15) is 23.2 Å². The lowest BCUT2D eigenvalue weighted by Crippen LogP contribution is -2.33. The van der Waals surface area contributed by atoms with Crippen LogP contribution >= 0.6 is 0 Å². The molecular weight excluding hydrogens is 280 g/mol. The lowest BCUT2D eigenvalue weighted by molar-refractivity contribution is -0.385. The largest absolute Gasteiger partial charge is 0.484 e. The fraction of sp³-hybridized carbons (Fsp3) is 0.385. The van der Waals surface area contributed by atoms with Gasteiger partial charge in [0.05, 0.1) is 4.92 Å². The van der Waals surface area contributed by atoms with Gasteiger partial charge in [0.15, 0.2) is 6.61 Å². The highest BCUT2D eigenvalue weighted by Crippen LogP contribution is 2.26. The molecule has 1 fully saturated rings. The lowest BCUT2D eigenvalue weighted by Gasteiger charge is -2.16. The number of carbonyl (C=O) groups is 2. The molecule has 0 unspecified atom stereocenters. The van der Waals surface area contributed by atoms with E-state index in [0.29, 0.717) is 0 Å². The third-order valence-corrected chi connectivity index (χ3v) is 3.25. The molecule has 1 amide bonds. The number of nitrogens with zero attached hydrogens (tertiary/aromatic N) is 2. The van der Waals surface area contributed by atoms with Gasteiger partial charge in [-0.15, -0.1) is 0 Å². The van der Waals surface area contributed by atoms with E-state index in [1.165, 1.54) is 6.07 Å². The standard InChI is InChI=1S/C13H14N2O6/c1-14(8-2-3-8)12(16)7-21-9-4-5-11(15(19)20)10(6-9)13(17)18/h4-6,8H,2-3,7H2,1H3,(H,17,18). The van der Waals surface area contributed by atoms with Crippen molar-refractivity contribution in [2.75, 3.05) is 13.7 Å². The molecule has 0 heterocycles. The van der Waals surface area contributed by atoms with Gasteiger partial charge in [0.2, 0.25) is 0 Å². The van der Waals surface area contributed by atoms with Crippen molar-refractivity contribution in [3.05, 3.63) is 33.9 Å². The fourth-order valence-electron chi connectivity index (χ4n) is 1.85. The van der Waals surface area contributed by atoms with E-state index in [9.17, 15) is 19.7 Å². The van der Waals surface area contributed by atoms with Gasteiger partial charge in [0, 0.05) is 25.2 Å². The van der Waals surface area contributed by atoms with Crippen molar-refractivity contribution in [2.45, 2.75) is 18.9 Å². The summed E-state index contributed by atoms with van der Waals surface area (Å²) in [6.07, 6.45) is 1.95. The molecule has 1 aliphatic rings. The predicted molar refractivity (Wildman–Crippen MR) is 71.3 cm³/mol. The monoisotopic (exact) mass is 294 g/mol. The number of hydrogen-bond donors (Lipinski definition) is 1. The number of carboxylic acids is 1. The smallest absolute Gasteiger partial charge is 0.342 e. The Bertz CT molecular complexity index is 596. The summed E-state index contributed by atoms with van der Waals surface area (Å²) < 4.78 is 5.22. The number of carboxylic acid groups (broad SMARTS) is 1. The Morgan fingerprint density at radius 3 is 2.67 bits per heavy atom. The summed E-state index contributed by atoms with van der Waals surface area (Å²) in [5, 5.41) is 19.7. The minimum absolute atomic E-state index is 0.107. The fourth-order valence-corrected chi connectivity index (χ4v) is 1.85. The molecular formula is C13H14N2O6. The highest BCUT2D eigenvalue weighted by atomic mass is 16.6. The zero-order chi connectivity index (χ0) is 15.6. The summed E-state index contributed by atoms with van der Waals surface area (Å²) in [5.74, 6) is -1.53. The second kappa shape index (κ2) is 5.78. The number of benzene rings is 1. The zero-order valence-corrected chi connectivity index (χ0v) is 11.3. The van der Waals surface area contributed by atoms with E-state index >= 15 is 0 Å². The quantitative estimate of drug-likeness (QED) is 0.625. The number of likely N-dealkylation sites (N-methyl/N-ethyl adjacent to an activating group) is 1. The van der Waals surface area contributed by atoms with Gasteiger partial charge < -0.3 is 14.7 Å². The average molecular weight is 294 g/mol. The van der Waals surface area contributed by atoms with Crippen molar-refractivity contribution in [3.8, 4) is 5.75 Å². The van der Waals surface area contributed by atoms with Crippen molar-refractivity contribution in [1.82, 2.24) is 4.90 Å². The molecule has 21 heavy (non-hydrogen) atoms. The normalized spacial score (nSPS) is 13.6. The van der Waals surface area contributed by atoms with Crippen LogP contribution in [-0.4, -0.2) is 46.5 Å². The van der Waals surface area contributed by atoms with Crippen molar-refractivity contribution < 1.29 is 24.4 Å². The van der Waals surface area contributed by atoms with Gasteiger partial charge in [0.25, 0.3) is 11.6 Å². The lowest BCUT2D eigenvalue weighted by atomic mass is 10.1. The van der Waals surface area contributed by atoms with Gasteiger partial charge in [-0.3, -0.25) is 14.9 Å². The summed E-state index contributed by atoms with van der Waals surface area (Å²) in [6, 6.07) is 3.63. The highest BCUT2D eigenvalue weighted by molar-refractivity contribution is 5.92. The molecule has 0 bridgehead atoms. The molecule has 0 radical (unpaired) electrons. The summed E-state index contributed by atoms with van der Waals surface area (Å²) >= 11 is 0. The minimum Gasteiger partial charge on any atom is -0.484 e. The second-order valence-corrected chi connectivity index (χ2v) is 4.77. The Hall–Kier alpha value is -2.64. The molecule has 1 aromatic rings. The highest BCUT2D eigenvalue weighted by Gasteiger charge is 2.29. The Morgan fingerprint density at radius 2 is 2.14 bits per heavy atom. The average Bonchev–Trinajstić information content (AvgIpc) is 3.27. The first-order valence-electron chi connectivity index (χ1n) is 6.30. The molecule has 0 saturated heterocycles. The van der Waals surface area contributed by atoms with Crippen molar-refractivity contribution in [3.63, 3.8) is 0 Å². The van der Waals surface area contributed by atoms with Gasteiger partial charge in [-0.2, -0.15) is 0 Å². The number of aromatic carboxylic acids is 1. The summed E-state index contributed by atoms with van der Waals surface area (Å²) in [6.45, 7) is -0.232. The van der Waals surface area contributed by atoms with E-state index in [0.717, 1.165) is 25.0 Å². The maximum atomic E-state index is 11.8. The molecule has 0 atom stereocenters. The Morgan fingerprint density at radius 1 is 1.48 bits per heavy atom. The molecule has 112 valence electrons. The summed E-state index contributed by atoms with van der Waals surface area (Å²) in [5.41, 5.74) is -0.989. The van der Waals surface area contributed by atoms with Crippen LogP contribution in [0.2, 0.25) is 0 Å². The van der Waals surface area contributed by atoms with Gasteiger partial charge in [-0.25, -0.2) is 4.79 Å². The van der Waals surface area contributed by atoms with E-state index < -0.39 is 22.1 Å². The zero-order valence-electron chi connectivity index (χ0n) is 11.3. The number of carbonyl (C=O) groups excluding carboxylic acids is 1. The van der Waals surface area contributed by atoms with Crippen LogP contribution < -0.4 is 4.74 Å². The second-order valence-electron chi connectivity index (χ2n) is 4.77. The SMILES string of the molecule is CN(C(=O)COc1ccc([N+](=O)[O-])c(C(=O)O)c1)C1CC1. The van der Waals surface area contributed by atoms with Gasteiger partial charge in [-0.1, -0.05) is 0 Å². The van der Waals surface area contributed by atoms with Crippen LogP contribution in [0.3, 0.4) is 0 Å². The Kier molecular flexibility index (Phi) is 4.06. The number of nitro groups is 1. The van der Waals surface area contributed by atoms with Crippen molar-refractivity contribution in [1.29, 1.82) is 0 Å². The summed E-state index contributed by atoms with van der Waals surface area (Å²) in [4.78, 5) is 34.3. The van der Waals surface area contributed by atoms with E-state index in [2.05, 4.69) is 0 Å². The first kappa shape index (κ1) is 14.8. The third-order valence-electron chi connectivity index (χ3n) is 3.25. The van der Waals surface area contributed by atoms with Crippen LogP contribution in [0.5, 0.6) is 5.75 Å². The number of nitro benzene ring substituents is 1.